The lowest BCUT2D eigenvalue weighted by Crippen LogP contribution is -2.10. The molecule has 0 aliphatic carbocycles. The number of nitrogens with one attached hydrogen (secondary N) is 1. The first kappa shape index (κ1) is 17.0. The Morgan fingerprint density at radius 3 is 2.65 bits per heavy atom. The van der Waals surface area contributed by atoms with Gasteiger partial charge in [-0.05, 0) is 31.5 Å². The molecule has 4 nitrogen and oxygen atoms in total. The van der Waals surface area contributed by atoms with Crippen molar-refractivity contribution in [2.45, 2.75) is 24.6 Å². The van der Waals surface area contributed by atoms with Crippen LogP contribution in [-0.2, 0) is 5.75 Å². The molecule has 1 N–H and O–H groups in total. The second-order valence-electron chi connectivity index (χ2n) is 6.05. The molecule has 0 unspecified atom stereocenters. The molecule has 3 heterocycles. The SMILES string of the molecule is Cc1ccc(-c2c(C)sc3nc(CSc4ccccn4)[nH]c(=O)c23)cc1. The van der Waals surface area contributed by atoms with Gasteiger partial charge in [-0.25, -0.2) is 9.97 Å². The lowest BCUT2D eigenvalue weighted by atomic mass is 10.0. The maximum atomic E-state index is 12.8. The Morgan fingerprint density at radius 2 is 1.92 bits per heavy atom. The quantitative estimate of drug-likeness (QED) is 0.509. The summed E-state index contributed by atoms with van der Waals surface area (Å²) >= 11 is 3.13. The highest BCUT2D eigenvalue weighted by molar-refractivity contribution is 7.98. The molecule has 1 aromatic carbocycles. The van der Waals surface area contributed by atoms with E-state index in [0.717, 1.165) is 25.9 Å². The number of nitrogens with zero attached hydrogens (tertiary/aromatic N) is 2. The summed E-state index contributed by atoms with van der Waals surface area (Å²) < 4.78 is 0. The largest absolute Gasteiger partial charge is 0.309 e. The van der Waals surface area contributed by atoms with E-state index >= 15 is 0 Å². The number of fused-ring (bicyclic) bond motifs is 1. The smallest absolute Gasteiger partial charge is 0.260 e. The average Bonchev–Trinajstić information content (AvgIpc) is 2.98. The number of hydrogen-bond donors (Lipinski definition) is 1. The number of H-pyrrole nitrogens is 1. The molecule has 0 atom stereocenters. The Labute approximate surface area is 159 Å². The zero-order valence-electron chi connectivity index (χ0n) is 14.4. The third kappa shape index (κ3) is 3.30. The summed E-state index contributed by atoms with van der Waals surface area (Å²) in [5.41, 5.74) is 3.17. The average molecular weight is 380 g/mol. The number of thioether (sulfide) groups is 1. The molecule has 0 aliphatic heterocycles. The first-order valence-electron chi connectivity index (χ1n) is 8.25. The van der Waals surface area contributed by atoms with E-state index in [4.69, 9.17) is 4.98 Å². The van der Waals surface area contributed by atoms with E-state index in [-0.39, 0.29) is 5.56 Å². The molecule has 0 spiro atoms. The van der Waals surface area contributed by atoms with Crippen molar-refractivity contribution < 1.29 is 0 Å². The fraction of sp³-hybridized carbons (Fsp3) is 0.150. The maximum absolute atomic E-state index is 12.8. The van der Waals surface area contributed by atoms with Crippen LogP contribution >= 0.6 is 23.1 Å². The number of aromatic nitrogens is 3. The van der Waals surface area contributed by atoms with Crippen molar-refractivity contribution in [3.05, 3.63) is 75.3 Å². The number of thiophene rings is 1. The minimum Gasteiger partial charge on any atom is -0.309 e. The van der Waals surface area contributed by atoms with Crippen LogP contribution in [0.1, 0.15) is 16.3 Å². The van der Waals surface area contributed by atoms with Gasteiger partial charge in [0.1, 0.15) is 10.7 Å². The van der Waals surface area contributed by atoms with E-state index in [0.29, 0.717) is 17.0 Å². The van der Waals surface area contributed by atoms with Crippen molar-refractivity contribution in [3.63, 3.8) is 0 Å². The first-order valence-corrected chi connectivity index (χ1v) is 10.0. The predicted octanol–water partition coefficient (Wildman–Crippen LogP) is 4.96. The molecule has 0 saturated carbocycles. The molecule has 3 aromatic heterocycles. The Bertz CT molecular complexity index is 1120. The molecular weight excluding hydrogens is 362 g/mol. The molecular formula is C20H17N3OS2. The summed E-state index contributed by atoms with van der Waals surface area (Å²) in [4.78, 5) is 26.6. The zero-order chi connectivity index (χ0) is 18.1. The number of hydrogen-bond acceptors (Lipinski definition) is 5. The Hall–Kier alpha value is -2.44. The summed E-state index contributed by atoms with van der Waals surface area (Å²) in [5.74, 6) is 1.26. The molecule has 0 aliphatic rings. The van der Waals surface area contributed by atoms with Gasteiger partial charge in [0, 0.05) is 16.6 Å². The van der Waals surface area contributed by atoms with Gasteiger partial charge < -0.3 is 4.98 Å². The molecule has 4 rings (SSSR count). The van der Waals surface area contributed by atoms with Gasteiger partial charge in [0.05, 0.1) is 16.2 Å². The Kier molecular flexibility index (Phi) is 4.61. The lowest BCUT2D eigenvalue weighted by Gasteiger charge is -2.04. The summed E-state index contributed by atoms with van der Waals surface area (Å²) in [6.45, 7) is 4.10. The Morgan fingerprint density at radius 1 is 1.12 bits per heavy atom. The van der Waals surface area contributed by atoms with Gasteiger partial charge in [0.2, 0.25) is 0 Å². The van der Waals surface area contributed by atoms with Crippen LogP contribution in [0.25, 0.3) is 21.3 Å². The summed E-state index contributed by atoms with van der Waals surface area (Å²) in [7, 11) is 0. The van der Waals surface area contributed by atoms with Gasteiger partial charge in [-0.1, -0.05) is 47.7 Å². The molecule has 0 fully saturated rings. The Balaban J connectivity index is 1.72. The van der Waals surface area contributed by atoms with E-state index < -0.39 is 0 Å². The number of pyridine rings is 1. The second kappa shape index (κ2) is 7.05. The van der Waals surface area contributed by atoms with Crippen molar-refractivity contribution in [2.75, 3.05) is 0 Å². The van der Waals surface area contributed by atoms with Gasteiger partial charge in [0.15, 0.2) is 0 Å². The minimum atomic E-state index is -0.0773. The molecule has 0 bridgehead atoms. The van der Waals surface area contributed by atoms with Crippen molar-refractivity contribution in [3.8, 4) is 11.1 Å². The molecule has 4 aromatic rings. The summed E-state index contributed by atoms with van der Waals surface area (Å²) in [6, 6.07) is 14.0. The van der Waals surface area contributed by atoms with Crippen LogP contribution in [0.5, 0.6) is 0 Å². The van der Waals surface area contributed by atoms with Crippen LogP contribution < -0.4 is 5.56 Å². The zero-order valence-corrected chi connectivity index (χ0v) is 16.1. The lowest BCUT2D eigenvalue weighted by molar-refractivity contribution is 1.04. The highest BCUT2D eigenvalue weighted by Crippen LogP contribution is 2.35. The van der Waals surface area contributed by atoms with Crippen LogP contribution in [0.15, 0.2) is 58.5 Å². The first-order chi connectivity index (χ1) is 12.6. The second-order valence-corrected chi connectivity index (χ2v) is 8.25. The standard InChI is InChI=1S/C20H17N3OS2/c1-12-6-8-14(9-7-12)17-13(2)26-20-18(17)19(24)22-15(23-20)11-25-16-5-3-4-10-21-16/h3-10H,11H2,1-2H3,(H,22,23,24). The van der Waals surface area contributed by atoms with E-state index in [1.165, 1.54) is 5.56 Å². The number of aryl methyl sites for hydroxylation is 2. The van der Waals surface area contributed by atoms with E-state index in [2.05, 4.69) is 41.2 Å². The van der Waals surface area contributed by atoms with Gasteiger partial charge in [0.25, 0.3) is 5.56 Å². The fourth-order valence-corrected chi connectivity index (χ4v) is 4.67. The van der Waals surface area contributed by atoms with Crippen molar-refractivity contribution in [1.82, 2.24) is 15.0 Å². The molecule has 130 valence electrons. The number of aromatic amines is 1. The summed E-state index contributed by atoms with van der Waals surface area (Å²) in [6.07, 6.45) is 1.76. The van der Waals surface area contributed by atoms with Gasteiger partial charge >= 0.3 is 0 Å². The van der Waals surface area contributed by atoms with Crippen LogP contribution in [0.4, 0.5) is 0 Å². The van der Waals surface area contributed by atoms with E-state index in [1.54, 1.807) is 29.3 Å². The molecule has 0 saturated heterocycles. The number of rotatable bonds is 4. The van der Waals surface area contributed by atoms with Gasteiger partial charge in [-0.3, -0.25) is 4.79 Å². The van der Waals surface area contributed by atoms with E-state index in [9.17, 15) is 4.79 Å². The summed E-state index contributed by atoms with van der Waals surface area (Å²) in [5, 5.41) is 1.60. The van der Waals surface area contributed by atoms with Gasteiger partial charge in [-0.2, -0.15) is 0 Å². The van der Waals surface area contributed by atoms with Crippen LogP contribution in [-0.4, -0.2) is 15.0 Å². The maximum Gasteiger partial charge on any atom is 0.260 e. The topological polar surface area (TPSA) is 58.6 Å². The third-order valence-electron chi connectivity index (χ3n) is 4.12. The molecule has 0 radical (unpaired) electrons. The fourth-order valence-electron chi connectivity index (χ4n) is 2.87. The van der Waals surface area contributed by atoms with Gasteiger partial charge in [-0.15, -0.1) is 11.3 Å². The highest BCUT2D eigenvalue weighted by atomic mass is 32.2. The third-order valence-corrected chi connectivity index (χ3v) is 6.08. The highest BCUT2D eigenvalue weighted by Gasteiger charge is 2.16. The van der Waals surface area contributed by atoms with Crippen LogP contribution in [0.3, 0.4) is 0 Å². The van der Waals surface area contributed by atoms with Crippen LogP contribution in [0, 0.1) is 13.8 Å². The normalized spacial score (nSPS) is 11.2. The van der Waals surface area contributed by atoms with Crippen molar-refractivity contribution >= 4 is 33.3 Å². The monoisotopic (exact) mass is 379 g/mol. The molecule has 26 heavy (non-hydrogen) atoms. The van der Waals surface area contributed by atoms with Crippen molar-refractivity contribution in [2.24, 2.45) is 0 Å². The minimum absolute atomic E-state index is 0.0773. The molecule has 0 amide bonds. The molecule has 6 heteroatoms. The van der Waals surface area contributed by atoms with E-state index in [1.807, 2.05) is 25.1 Å². The van der Waals surface area contributed by atoms with Crippen LogP contribution in [0.2, 0.25) is 0 Å². The predicted molar refractivity (Wildman–Crippen MR) is 109 cm³/mol. The van der Waals surface area contributed by atoms with Crippen molar-refractivity contribution in [1.29, 1.82) is 0 Å². The number of benzene rings is 1.